The van der Waals surface area contributed by atoms with Gasteiger partial charge in [0.25, 0.3) is 20.2 Å². The highest BCUT2D eigenvalue weighted by Gasteiger charge is 2.22. The van der Waals surface area contributed by atoms with E-state index in [0.29, 0.717) is 11.4 Å². The van der Waals surface area contributed by atoms with E-state index in [1.165, 1.54) is 54.6 Å². The molecule has 4 aromatic rings. The van der Waals surface area contributed by atoms with Crippen LogP contribution < -0.4 is 11.1 Å². The number of carboxylic acid groups (broad SMARTS) is 1. The van der Waals surface area contributed by atoms with Gasteiger partial charge in [0, 0.05) is 22.4 Å². The number of carbonyl (C=O) groups is 1. The molecule has 0 unspecified atom stereocenters. The Bertz CT molecular complexity index is 1840. The number of nitrogens with one attached hydrogen (secondary N) is 1. The molecule has 0 fully saturated rings. The van der Waals surface area contributed by atoms with Gasteiger partial charge in [-0.15, -0.1) is 10.2 Å². The van der Waals surface area contributed by atoms with Crippen LogP contribution in [0, 0.1) is 0 Å². The minimum atomic E-state index is -4.90. The third-order valence-corrected chi connectivity index (χ3v) is 7.02. The fourth-order valence-electron chi connectivity index (χ4n) is 3.51. The van der Waals surface area contributed by atoms with Crippen molar-refractivity contribution in [1.82, 2.24) is 0 Å². The summed E-state index contributed by atoms with van der Waals surface area (Å²) in [6.45, 7) is 0. The van der Waals surface area contributed by atoms with E-state index in [0.717, 1.165) is 12.1 Å². The van der Waals surface area contributed by atoms with Gasteiger partial charge in [0.15, 0.2) is 5.75 Å². The van der Waals surface area contributed by atoms with E-state index in [-0.39, 0.29) is 32.6 Å². The van der Waals surface area contributed by atoms with Gasteiger partial charge in [-0.2, -0.15) is 16.8 Å². The Hall–Kier alpha value is -4.57. The third kappa shape index (κ3) is 5.55. The highest BCUT2D eigenvalue weighted by Crippen LogP contribution is 2.42. The molecule has 0 spiro atoms. The molecule has 13 nitrogen and oxygen atoms in total. The predicted molar refractivity (Wildman–Crippen MR) is 137 cm³/mol. The number of azo groups is 1. The largest absolute Gasteiger partial charge is 0.505 e. The van der Waals surface area contributed by atoms with Crippen molar-refractivity contribution in [3.63, 3.8) is 0 Å². The first kappa shape index (κ1) is 26.5. The topological polar surface area (TPSA) is 229 Å². The second-order valence-corrected chi connectivity index (χ2v) is 10.7. The number of benzene rings is 4. The molecule has 7 N–H and O–H groups in total. The number of aromatic carboxylic acids is 1. The minimum Gasteiger partial charge on any atom is -0.505 e. The van der Waals surface area contributed by atoms with E-state index in [2.05, 4.69) is 15.5 Å². The molecular weight excluding hydrogens is 540 g/mol. The van der Waals surface area contributed by atoms with Crippen molar-refractivity contribution in [2.24, 2.45) is 10.2 Å². The number of nitrogens with zero attached hydrogens (tertiary/aromatic N) is 2. The molecule has 0 saturated heterocycles. The van der Waals surface area contributed by atoms with Gasteiger partial charge in [-0.1, -0.05) is 6.07 Å². The monoisotopic (exact) mass is 558 g/mol. The standard InChI is InChI=1S/C23H18N4O9S2/c24-13-2-8-19(18(10-13)23(29)30)26-27-21-20(38(34,35)36)9-12-1-3-15(11-17(12)22(21)28)25-14-4-6-16(7-5-14)37(31,32)33/h1-11,25,28H,24H2,(H,29,30)(H,31,32,33)(H,34,35,36). The Morgan fingerprint density at radius 3 is 2.08 bits per heavy atom. The van der Waals surface area contributed by atoms with Gasteiger partial charge >= 0.3 is 5.97 Å². The van der Waals surface area contributed by atoms with Crippen molar-refractivity contribution >= 4 is 65.4 Å². The number of phenolic OH excluding ortho intramolecular Hbond substituents is 1. The molecule has 38 heavy (non-hydrogen) atoms. The van der Waals surface area contributed by atoms with Crippen LogP contribution >= 0.6 is 0 Å². The molecule has 0 radical (unpaired) electrons. The number of anilines is 3. The molecule has 0 saturated carbocycles. The summed E-state index contributed by atoms with van der Waals surface area (Å²) in [6, 6.07) is 14.3. The molecule has 15 heteroatoms. The highest BCUT2D eigenvalue weighted by molar-refractivity contribution is 7.86. The maximum absolute atomic E-state index is 12.0. The molecule has 0 aliphatic carbocycles. The SMILES string of the molecule is Nc1ccc(N=Nc2c(S(=O)(=O)O)cc3ccc(Nc4ccc(S(=O)(=O)O)cc4)cc3c2O)c(C(=O)O)c1. The summed E-state index contributed by atoms with van der Waals surface area (Å²) in [5.74, 6) is -2.04. The smallest absolute Gasteiger partial charge is 0.338 e. The molecule has 0 aromatic heterocycles. The summed E-state index contributed by atoms with van der Waals surface area (Å²) in [6.07, 6.45) is 0. The van der Waals surface area contributed by atoms with Crippen molar-refractivity contribution in [3.8, 4) is 5.75 Å². The number of rotatable bonds is 7. The van der Waals surface area contributed by atoms with Crippen LogP contribution in [0.4, 0.5) is 28.4 Å². The molecule has 196 valence electrons. The van der Waals surface area contributed by atoms with Crippen LogP contribution in [0.25, 0.3) is 10.8 Å². The second kappa shape index (κ2) is 9.71. The van der Waals surface area contributed by atoms with Crippen LogP contribution in [0.1, 0.15) is 10.4 Å². The van der Waals surface area contributed by atoms with Crippen LogP contribution in [0.2, 0.25) is 0 Å². The summed E-state index contributed by atoms with van der Waals surface area (Å²) in [4.78, 5) is 10.4. The van der Waals surface area contributed by atoms with Crippen molar-refractivity contribution in [3.05, 3.63) is 72.3 Å². The maximum Gasteiger partial charge on any atom is 0.338 e. The lowest BCUT2D eigenvalue weighted by molar-refractivity contribution is 0.0697. The fraction of sp³-hybridized carbons (Fsp3) is 0. The van der Waals surface area contributed by atoms with Gasteiger partial charge in [-0.25, -0.2) is 4.79 Å². The van der Waals surface area contributed by atoms with Crippen molar-refractivity contribution in [2.45, 2.75) is 9.79 Å². The molecule has 0 bridgehead atoms. The Labute approximate surface area is 215 Å². The number of aromatic hydroxyl groups is 1. The predicted octanol–water partition coefficient (Wildman–Crippen LogP) is 4.48. The first-order valence-corrected chi connectivity index (χ1v) is 13.3. The van der Waals surface area contributed by atoms with E-state index >= 15 is 0 Å². The van der Waals surface area contributed by atoms with Crippen LogP contribution in [0.5, 0.6) is 5.75 Å². The minimum absolute atomic E-state index is 0.0988. The zero-order chi connectivity index (χ0) is 27.8. The lowest BCUT2D eigenvalue weighted by Crippen LogP contribution is -2.00. The fourth-order valence-corrected chi connectivity index (χ4v) is 4.64. The summed E-state index contributed by atoms with van der Waals surface area (Å²) >= 11 is 0. The number of hydrogen-bond acceptors (Lipinski definition) is 10. The summed E-state index contributed by atoms with van der Waals surface area (Å²) in [5, 5.41) is 31.1. The summed E-state index contributed by atoms with van der Waals surface area (Å²) in [5.41, 5.74) is 5.42. The zero-order valence-corrected chi connectivity index (χ0v) is 20.6. The number of hydrogen-bond donors (Lipinski definition) is 6. The van der Waals surface area contributed by atoms with Crippen LogP contribution in [-0.2, 0) is 20.2 Å². The molecule has 0 amide bonds. The molecule has 0 heterocycles. The van der Waals surface area contributed by atoms with Gasteiger partial charge in [-0.05, 0) is 66.0 Å². The Morgan fingerprint density at radius 2 is 1.47 bits per heavy atom. The summed E-state index contributed by atoms with van der Waals surface area (Å²) < 4.78 is 65.4. The lowest BCUT2D eigenvalue weighted by atomic mass is 10.1. The van der Waals surface area contributed by atoms with Crippen LogP contribution in [0.3, 0.4) is 0 Å². The normalized spacial score (nSPS) is 12.2. The van der Waals surface area contributed by atoms with E-state index in [9.17, 15) is 36.4 Å². The van der Waals surface area contributed by atoms with E-state index in [1.54, 1.807) is 0 Å². The van der Waals surface area contributed by atoms with Crippen molar-refractivity contribution in [1.29, 1.82) is 0 Å². The van der Waals surface area contributed by atoms with Crippen molar-refractivity contribution < 1.29 is 40.9 Å². The number of phenols is 1. The molecular formula is C23H18N4O9S2. The quantitative estimate of drug-likeness (QED) is 0.105. The number of nitrogens with two attached hydrogens (primary N) is 1. The highest BCUT2D eigenvalue weighted by atomic mass is 32.2. The van der Waals surface area contributed by atoms with Gasteiger partial charge in [0.2, 0.25) is 0 Å². The molecule has 0 atom stereocenters. The van der Waals surface area contributed by atoms with E-state index < -0.39 is 42.5 Å². The Balaban J connectivity index is 1.80. The Morgan fingerprint density at radius 1 is 0.816 bits per heavy atom. The molecule has 4 rings (SSSR count). The molecule has 0 aliphatic heterocycles. The first-order valence-electron chi connectivity index (χ1n) is 10.4. The molecule has 4 aromatic carbocycles. The second-order valence-electron chi connectivity index (χ2n) is 7.89. The van der Waals surface area contributed by atoms with Gasteiger partial charge in [0.1, 0.15) is 16.3 Å². The van der Waals surface area contributed by atoms with Gasteiger partial charge in [0.05, 0.1) is 10.5 Å². The van der Waals surface area contributed by atoms with Crippen LogP contribution in [-0.4, -0.2) is 42.1 Å². The number of fused-ring (bicyclic) bond motifs is 1. The van der Waals surface area contributed by atoms with E-state index in [4.69, 9.17) is 10.3 Å². The van der Waals surface area contributed by atoms with Gasteiger partial charge in [-0.3, -0.25) is 9.11 Å². The first-order chi connectivity index (χ1) is 17.7. The number of carboxylic acids is 1. The number of nitrogen functional groups attached to an aromatic ring is 1. The molecule has 0 aliphatic rings. The van der Waals surface area contributed by atoms with E-state index in [1.807, 2.05) is 0 Å². The third-order valence-electron chi connectivity index (χ3n) is 5.28. The zero-order valence-electron chi connectivity index (χ0n) is 19.0. The van der Waals surface area contributed by atoms with Crippen LogP contribution in [0.15, 0.2) is 86.7 Å². The maximum atomic E-state index is 12.0. The summed E-state index contributed by atoms with van der Waals surface area (Å²) in [7, 11) is -9.27. The average Bonchev–Trinajstić information content (AvgIpc) is 2.83. The lowest BCUT2D eigenvalue weighted by Gasteiger charge is -2.12. The van der Waals surface area contributed by atoms with Gasteiger partial charge < -0.3 is 21.3 Å². The average molecular weight is 559 g/mol. The van der Waals surface area contributed by atoms with Crippen molar-refractivity contribution in [2.75, 3.05) is 11.1 Å². The Kier molecular flexibility index (Phi) is 6.77.